The zero-order valence-electron chi connectivity index (χ0n) is 17.4. The number of hydrogen-bond donors (Lipinski definition) is 0. The van der Waals surface area contributed by atoms with Gasteiger partial charge in [-0.05, 0) is 49.1 Å². The fourth-order valence-corrected chi connectivity index (χ4v) is 4.71. The topological polar surface area (TPSA) is 60.3 Å². The number of rotatable bonds is 7. The summed E-state index contributed by atoms with van der Waals surface area (Å²) in [5.74, 6) is 1.53. The van der Waals surface area contributed by atoms with Gasteiger partial charge in [0.25, 0.3) is 5.91 Å². The van der Waals surface area contributed by atoms with Crippen LogP contribution in [0.25, 0.3) is 5.69 Å². The number of nitrogens with zero attached hydrogens (tertiary/aromatic N) is 4. The van der Waals surface area contributed by atoms with Crippen LogP contribution in [-0.4, -0.2) is 45.8 Å². The molecule has 4 rings (SSSR count). The Hall–Kier alpha value is -2.64. The molecule has 1 aliphatic rings. The van der Waals surface area contributed by atoms with Crippen molar-refractivity contribution in [2.24, 2.45) is 0 Å². The number of methoxy groups -OCH3 is 1. The predicted octanol–water partition coefficient (Wildman–Crippen LogP) is 4.25. The summed E-state index contributed by atoms with van der Waals surface area (Å²) in [5, 5.41) is 9.53. The average Bonchev–Trinajstić information content (AvgIpc) is 3.43. The lowest BCUT2D eigenvalue weighted by Crippen LogP contribution is -2.28. The maximum Gasteiger partial charge on any atom is 0.254 e. The van der Waals surface area contributed by atoms with E-state index in [0.29, 0.717) is 12.4 Å². The van der Waals surface area contributed by atoms with Crippen LogP contribution in [0.1, 0.15) is 40.2 Å². The predicted molar refractivity (Wildman–Crippen MR) is 118 cm³/mol. The Morgan fingerprint density at radius 3 is 2.67 bits per heavy atom. The van der Waals surface area contributed by atoms with E-state index in [1.807, 2.05) is 45.9 Å². The van der Waals surface area contributed by atoms with Gasteiger partial charge < -0.3 is 9.64 Å². The molecular formula is C23H26N4O2S. The minimum atomic E-state index is 0.129. The number of benzene rings is 2. The highest BCUT2D eigenvalue weighted by atomic mass is 32.2. The molecule has 0 N–H and O–H groups in total. The normalized spacial score (nSPS) is 13.7. The molecule has 6 nitrogen and oxygen atoms in total. The first-order valence-corrected chi connectivity index (χ1v) is 11.2. The summed E-state index contributed by atoms with van der Waals surface area (Å²) in [5.41, 5.74) is 3.98. The third-order valence-electron chi connectivity index (χ3n) is 5.23. The minimum Gasteiger partial charge on any atom is -0.377 e. The summed E-state index contributed by atoms with van der Waals surface area (Å²) in [6.07, 6.45) is 2.18. The van der Waals surface area contributed by atoms with Crippen molar-refractivity contribution in [2.45, 2.75) is 37.3 Å². The minimum absolute atomic E-state index is 0.129. The van der Waals surface area contributed by atoms with Crippen molar-refractivity contribution >= 4 is 17.7 Å². The van der Waals surface area contributed by atoms with Crippen molar-refractivity contribution < 1.29 is 9.53 Å². The number of ether oxygens (including phenoxy) is 1. The summed E-state index contributed by atoms with van der Waals surface area (Å²) < 4.78 is 7.35. The first kappa shape index (κ1) is 20.6. The van der Waals surface area contributed by atoms with Gasteiger partial charge in [-0.1, -0.05) is 42.1 Å². The molecule has 7 heteroatoms. The third kappa shape index (κ3) is 4.42. The summed E-state index contributed by atoms with van der Waals surface area (Å²) in [7, 11) is 1.66. The Bertz CT molecular complexity index is 1030. The van der Waals surface area contributed by atoms with Crippen LogP contribution in [0.5, 0.6) is 0 Å². The van der Waals surface area contributed by atoms with Gasteiger partial charge in [0, 0.05) is 37.2 Å². The molecular weight excluding hydrogens is 396 g/mol. The fraction of sp³-hybridized carbons (Fsp3) is 0.348. The highest BCUT2D eigenvalue weighted by Gasteiger charge is 2.22. The highest BCUT2D eigenvalue weighted by molar-refractivity contribution is 7.98. The molecule has 2 heterocycles. The molecule has 0 unspecified atom stereocenters. The lowest BCUT2D eigenvalue weighted by Gasteiger charge is -2.17. The Kier molecular flexibility index (Phi) is 6.50. The molecule has 1 amide bonds. The Morgan fingerprint density at radius 2 is 1.90 bits per heavy atom. The number of carbonyl (C=O) groups is 1. The number of hydrogen-bond acceptors (Lipinski definition) is 5. The van der Waals surface area contributed by atoms with Crippen LogP contribution in [0, 0.1) is 6.92 Å². The van der Waals surface area contributed by atoms with Gasteiger partial charge in [-0.15, -0.1) is 10.2 Å². The zero-order chi connectivity index (χ0) is 20.9. The van der Waals surface area contributed by atoms with Crippen LogP contribution < -0.4 is 0 Å². The maximum atomic E-state index is 13.0. The van der Waals surface area contributed by atoms with Gasteiger partial charge in [-0.2, -0.15) is 0 Å². The van der Waals surface area contributed by atoms with Crippen molar-refractivity contribution in [1.82, 2.24) is 19.7 Å². The van der Waals surface area contributed by atoms with Crippen LogP contribution in [0.3, 0.4) is 0 Å². The summed E-state index contributed by atoms with van der Waals surface area (Å²) in [4.78, 5) is 14.9. The van der Waals surface area contributed by atoms with Crippen LogP contribution >= 0.6 is 11.8 Å². The van der Waals surface area contributed by atoms with Gasteiger partial charge >= 0.3 is 0 Å². The number of aromatic nitrogens is 3. The van der Waals surface area contributed by atoms with E-state index in [0.717, 1.165) is 53.7 Å². The molecule has 1 aliphatic heterocycles. The Labute approximate surface area is 181 Å². The van der Waals surface area contributed by atoms with E-state index in [-0.39, 0.29) is 5.91 Å². The smallest absolute Gasteiger partial charge is 0.254 e. The number of carbonyl (C=O) groups excluding carboxylic acids is 1. The van der Waals surface area contributed by atoms with Gasteiger partial charge in [-0.25, -0.2) is 0 Å². The molecule has 1 fully saturated rings. The van der Waals surface area contributed by atoms with Gasteiger partial charge in [0.1, 0.15) is 6.61 Å². The lowest BCUT2D eigenvalue weighted by molar-refractivity contribution is 0.0792. The molecule has 0 spiro atoms. The molecule has 30 heavy (non-hydrogen) atoms. The Morgan fingerprint density at radius 1 is 1.10 bits per heavy atom. The Balaban J connectivity index is 1.60. The molecule has 156 valence electrons. The largest absolute Gasteiger partial charge is 0.377 e. The standard InChI is InChI=1S/C23H26N4O2S/c1-17-8-7-10-19(14-17)27-21(15-29-2)24-25-23(27)30-16-18-9-3-4-11-20(18)22(28)26-12-5-6-13-26/h3-4,7-11,14H,5-6,12-13,15-16H2,1-2H3. The second-order valence-electron chi connectivity index (χ2n) is 7.45. The SMILES string of the molecule is COCc1nnc(SCc2ccccc2C(=O)N2CCCC2)n1-c1cccc(C)c1. The van der Waals surface area contributed by atoms with Crippen molar-refractivity contribution in [3.8, 4) is 5.69 Å². The first-order valence-electron chi connectivity index (χ1n) is 10.2. The quantitative estimate of drug-likeness (QED) is 0.533. The van der Waals surface area contributed by atoms with E-state index >= 15 is 0 Å². The molecule has 0 atom stereocenters. The summed E-state index contributed by atoms with van der Waals surface area (Å²) in [6, 6.07) is 16.1. The highest BCUT2D eigenvalue weighted by Crippen LogP contribution is 2.28. The lowest BCUT2D eigenvalue weighted by atomic mass is 10.1. The van der Waals surface area contributed by atoms with E-state index in [9.17, 15) is 4.79 Å². The second-order valence-corrected chi connectivity index (χ2v) is 8.39. The molecule has 0 aliphatic carbocycles. The molecule has 1 saturated heterocycles. The van der Waals surface area contributed by atoms with Crippen molar-refractivity contribution in [3.05, 3.63) is 71.0 Å². The molecule has 3 aromatic rings. The monoisotopic (exact) mass is 422 g/mol. The summed E-state index contributed by atoms with van der Waals surface area (Å²) >= 11 is 1.58. The molecule has 0 radical (unpaired) electrons. The van der Waals surface area contributed by atoms with E-state index in [1.165, 1.54) is 5.56 Å². The van der Waals surface area contributed by atoms with Gasteiger partial charge in [0.15, 0.2) is 11.0 Å². The van der Waals surface area contributed by atoms with E-state index < -0.39 is 0 Å². The number of likely N-dealkylation sites (tertiary alicyclic amines) is 1. The van der Waals surface area contributed by atoms with Crippen molar-refractivity contribution in [2.75, 3.05) is 20.2 Å². The average molecular weight is 423 g/mol. The molecule has 1 aromatic heterocycles. The van der Waals surface area contributed by atoms with Crippen LogP contribution in [0.4, 0.5) is 0 Å². The van der Waals surface area contributed by atoms with Gasteiger partial charge in [-0.3, -0.25) is 9.36 Å². The number of amides is 1. The first-order chi connectivity index (χ1) is 14.7. The van der Waals surface area contributed by atoms with E-state index in [4.69, 9.17) is 4.74 Å². The fourth-order valence-electron chi connectivity index (χ4n) is 3.73. The van der Waals surface area contributed by atoms with Crippen molar-refractivity contribution in [1.29, 1.82) is 0 Å². The molecule has 2 aromatic carbocycles. The van der Waals surface area contributed by atoms with E-state index in [2.05, 4.69) is 29.3 Å². The zero-order valence-corrected chi connectivity index (χ0v) is 18.2. The van der Waals surface area contributed by atoms with Gasteiger partial charge in [0.2, 0.25) is 0 Å². The van der Waals surface area contributed by atoms with Gasteiger partial charge in [0.05, 0.1) is 0 Å². The second kappa shape index (κ2) is 9.45. The van der Waals surface area contributed by atoms with Crippen LogP contribution in [0.2, 0.25) is 0 Å². The number of aryl methyl sites for hydroxylation is 1. The molecule has 0 saturated carbocycles. The number of thioether (sulfide) groups is 1. The third-order valence-corrected chi connectivity index (χ3v) is 6.21. The van der Waals surface area contributed by atoms with E-state index in [1.54, 1.807) is 18.9 Å². The molecule has 0 bridgehead atoms. The van der Waals surface area contributed by atoms with Crippen LogP contribution in [-0.2, 0) is 17.1 Å². The summed E-state index contributed by atoms with van der Waals surface area (Å²) in [6.45, 7) is 4.15. The van der Waals surface area contributed by atoms with Crippen LogP contribution in [0.15, 0.2) is 53.7 Å². The van der Waals surface area contributed by atoms with Crippen molar-refractivity contribution in [3.63, 3.8) is 0 Å². The maximum absolute atomic E-state index is 13.0.